The average molecular weight is 565 g/mol. The van der Waals surface area contributed by atoms with Gasteiger partial charge in [0.1, 0.15) is 5.75 Å². The fraction of sp³-hybridized carbons (Fsp3) is 0.484. The molecule has 0 saturated carbocycles. The van der Waals surface area contributed by atoms with Gasteiger partial charge in [-0.05, 0) is 50.5 Å². The molecule has 1 aromatic heterocycles. The molecule has 1 amide bonds. The molecule has 3 rings (SSSR count). The number of benzene rings is 1. The van der Waals surface area contributed by atoms with E-state index in [0.29, 0.717) is 24.2 Å². The third-order valence-corrected chi connectivity index (χ3v) is 6.31. The van der Waals surface area contributed by atoms with Crippen molar-refractivity contribution in [2.24, 2.45) is 0 Å². The molecule has 1 aromatic carbocycles. The molecule has 0 aliphatic carbocycles. The monoisotopic (exact) mass is 564 g/mol. The molecule has 40 heavy (non-hydrogen) atoms. The van der Waals surface area contributed by atoms with Gasteiger partial charge in [-0.2, -0.15) is 0 Å². The number of likely N-dealkylation sites (tertiary alicyclic amines) is 1. The third kappa shape index (κ3) is 11.0. The van der Waals surface area contributed by atoms with Crippen molar-refractivity contribution in [3.05, 3.63) is 76.2 Å². The molecule has 0 atom stereocenters. The Hall–Kier alpha value is -3.33. The standard InChI is InChI=1S/C21H21F3N2O4.C6H12.C4H10/c1-13-14(2)20(29)26(16-10-25(11-16)19(28)4-3-9-27)12-18(13)15-5-7-17(8-6-15)30-21(22,23)24;1-3-5-6-4-2;1-3-4-2/h3-8,12,16,27H,9-11H2,1-2H3;3,5H,4,6H2,1-2H3;3-4H2,1-2H3/b4-3+;5-3+;. The van der Waals surface area contributed by atoms with Crippen LogP contribution in [0, 0.1) is 13.8 Å². The van der Waals surface area contributed by atoms with Crippen LogP contribution in [0.4, 0.5) is 13.2 Å². The van der Waals surface area contributed by atoms with E-state index in [9.17, 15) is 22.8 Å². The van der Waals surface area contributed by atoms with Crippen molar-refractivity contribution in [1.29, 1.82) is 0 Å². The van der Waals surface area contributed by atoms with E-state index in [-0.39, 0.29) is 29.9 Å². The fourth-order valence-corrected chi connectivity index (χ4v) is 3.65. The summed E-state index contributed by atoms with van der Waals surface area (Å²) in [5.41, 5.74) is 2.47. The number of amides is 1. The summed E-state index contributed by atoms with van der Waals surface area (Å²) in [6, 6.07) is 5.27. The van der Waals surface area contributed by atoms with E-state index >= 15 is 0 Å². The number of carbonyl (C=O) groups is 1. The molecule has 0 spiro atoms. The highest BCUT2D eigenvalue weighted by atomic mass is 19.4. The first-order valence-electron chi connectivity index (χ1n) is 13.7. The maximum atomic E-state index is 12.7. The number of carbonyl (C=O) groups excluding carboxylic acids is 1. The number of alkyl halides is 3. The molecular formula is C31H43F3N2O4. The molecule has 1 saturated heterocycles. The van der Waals surface area contributed by atoms with Crippen molar-refractivity contribution in [2.45, 2.75) is 79.6 Å². The Morgan fingerprint density at radius 3 is 2.08 bits per heavy atom. The number of pyridine rings is 1. The summed E-state index contributed by atoms with van der Waals surface area (Å²) in [4.78, 5) is 26.2. The van der Waals surface area contributed by atoms with E-state index in [4.69, 9.17) is 5.11 Å². The highest BCUT2D eigenvalue weighted by molar-refractivity contribution is 5.88. The van der Waals surface area contributed by atoms with Crippen LogP contribution in [0.15, 0.2) is 59.6 Å². The lowest BCUT2D eigenvalue weighted by atomic mass is 9.98. The largest absolute Gasteiger partial charge is 0.573 e. The summed E-state index contributed by atoms with van der Waals surface area (Å²) in [7, 11) is 0. The smallest absolute Gasteiger partial charge is 0.406 e. The molecule has 0 bridgehead atoms. The first-order valence-corrected chi connectivity index (χ1v) is 13.7. The van der Waals surface area contributed by atoms with Gasteiger partial charge in [-0.25, -0.2) is 0 Å². The van der Waals surface area contributed by atoms with Gasteiger partial charge >= 0.3 is 6.36 Å². The Balaban J connectivity index is 0.000000686. The molecule has 222 valence electrons. The van der Waals surface area contributed by atoms with Crippen molar-refractivity contribution < 1.29 is 27.8 Å². The second-order valence-electron chi connectivity index (χ2n) is 9.42. The van der Waals surface area contributed by atoms with Crippen LogP contribution >= 0.6 is 0 Å². The molecule has 1 N–H and O–H groups in total. The number of ether oxygens (including phenoxy) is 1. The SMILES string of the molecule is C/C=C/CCC.CCCC.Cc1c(-c2ccc(OC(F)(F)F)cc2)cn(C2CN(C(=O)/C=C/CO)C2)c(=O)c1C. The second-order valence-corrected chi connectivity index (χ2v) is 9.42. The van der Waals surface area contributed by atoms with E-state index in [1.807, 2.05) is 0 Å². The van der Waals surface area contributed by atoms with Crippen LogP contribution in [0.2, 0.25) is 0 Å². The Labute approximate surface area is 235 Å². The van der Waals surface area contributed by atoms with E-state index in [0.717, 1.165) is 11.1 Å². The van der Waals surface area contributed by atoms with Gasteiger partial charge in [0.2, 0.25) is 5.91 Å². The zero-order chi connectivity index (χ0) is 30.3. The molecule has 6 nitrogen and oxygen atoms in total. The minimum Gasteiger partial charge on any atom is -0.406 e. The highest BCUT2D eigenvalue weighted by Gasteiger charge is 2.32. The molecule has 2 aromatic rings. The summed E-state index contributed by atoms with van der Waals surface area (Å²) < 4.78 is 42.6. The number of nitrogens with zero attached hydrogens (tertiary/aromatic N) is 2. The van der Waals surface area contributed by atoms with Crippen molar-refractivity contribution in [1.82, 2.24) is 9.47 Å². The maximum absolute atomic E-state index is 12.7. The van der Waals surface area contributed by atoms with Gasteiger partial charge in [0.25, 0.3) is 5.56 Å². The van der Waals surface area contributed by atoms with Crippen LogP contribution in [-0.4, -0.2) is 46.5 Å². The number of halogens is 3. The number of aromatic nitrogens is 1. The Morgan fingerprint density at radius 1 is 1.02 bits per heavy atom. The minimum absolute atomic E-state index is 0.170. The number of aliphatic hydroxyl groups excluding tert-OH is 1. The van der Waals surface area contributed by atoms with Gasteiger partial charge in [-0.15, -0.1) is 13.2 Å². The van der Waals surface area contributed by atoms with E-state index in [1.165, 1.54) is 62.1 Å². The Kier molecular flexibility index (Phi) is 15.1. The normalized spacial score (nSPS) is 13.4. The third-order valence-electron chi connectivity index (χ3n) is 6.31. The molecular weight excluding hydrogens is 521 g/mol. The lowest BCUT2D eigenvalue weighted by Crippen LogP contribution is -2.52. The molecule has 1 aliphatic heterocycles. The van der Waals surface area contributed by atoms with E-state index in [1.54, 1.807) is 29.5 Å². The van der Waals surface area contributed by atoms with Crippen LogP contribution in [0.3, 0.4) is 0 Å². The highest BCUT2D eigenvalue weighted by Crippen LogP contribution is 2.30. The number of rotatable bonds is 8. The van der Waals surface area contributed by atoms with Crippen molar-refractivity contribution >= 4 is 5.91 Å². The average Bonchev–Trinajstić information content (AvgIpc) is 2.90. The predicted molar refractivity (Wildman–Crippen MR) is 154 cm³/mol. The molecule has 0 unspecified atom stereocenters. The number of hydrogen-bond acceptors (Lipinski definition) is 4. The molecule has 9 heteroatoms. The summed E-state index contributed by atoms with van der Waals surface area (Å²) >= 11 is 0. The lowest BCUT2D eigenvalue weighted by Gasteiger charge is -2.40. The first kappa shape index (κ1) is 34.7. The fourth-order valence-electron chi connectivity index (χ4n) is 3.65. The van der Waals surface area contributed by atoms with E-state index < -0.39 is 6.36 Å². The van der Waals surface area contributed by atoms with Crippen molar-refractivity contribution in [2.75, 3.05) is 19.7 Å². The minimum atomic E-state index is -4.76. The molecule has 0 radical (unpaired) electrons. The molecule has 1 fully saturated rings. The number of hydrogen-bond donors (Lipinski definition) is 1. The van der Waals surface area contributed by atoms with Gasteiger partial charge in [0, 0.05) is 36.5 Å². The molecule has 1 aliphatic rings. The maximum Gasteiger partial charge on any atom is 0.573 e. The van der Waals surface area contributed by atoms with Gasteiger partial charge < -0.3 is 19.3 Å². The first-order chi connectivity index (χ1) is 18.9. The van der Waals surface area contributed by atoms with Crippen LogP contribution in [0.1, 0.15) is 70.5 Å². The zero-order valence-electron chi connectivity index (χ0n) is 24.4. The van der Waals surface area contributed by atoms with Gasteiger partial charge in [0.05, 0.1) is 12.6 Å². The number of allylic oxidation sites excluding steroid dienone is 2. The van der Waals surface area contributed by atoms with Gasteiger partial charge in [-0.3, -0.25) is 9.59 Å². The number of aliphatic hydroxyl groups is 1. The van der Waals surface area contributed by atoms with Crippen LogP contribution in [-0.2, 0) is 4.79 Å². The summed E-state index contributed by atoms with van der Waals surface area (Å²) in [5, 5.41) is 8.76. The quantitative estimate of drug-likeness (QED) is 0.274. The van der Waals surface area contributed by atoms with Crippen LogP contribution < -0.4 is 10.3 Å². The Morgan fingerprint density at radius 2 is 1.62 bits per heavy atom. The summed E-state index contributed by atoms with van der Waals surface area (Å²) in [6.07, 6.45) is 8.96. The number of unbranched alkanes of at least 4 members (excludes halogenated alkanes) is 2. The van der Waals surface area contributed by atoms with Crippen LogP contribution in [0.25, 0.3) is 11.1 Å². The lowest BCUT2D eigenvalue weighted by molar-refractivity contribution is -0.274. The predicted octanol–water partition coefficient (Wildman–Crippen LogP) is 7.13. The Bertz CT molecular complexity index is 1160. The van der Waals surface area contributed by atoms with E-state index in [2.05, 4.69) is 44.6 Å². The van der Waals surface area contributed by atoms with Gasteiger partial charge in [0.15, 0.2) is 0 Å². The summed E-state index contributed by atoms with van der Waals surface area (Å²) in [6.45, 7) is 12.6. The molecule has 2 heterocycles. The zero-order valence-corrected chi connectivity index (χ0v) is 24.4. The van der Waals surface area contributed by atoms with Crippen molar-refractivity contribution in [3.8, 4) is 16.9 Å². The second kappa shape index (κ2) is 17.4. The summed E-state index contributed by atoms with van der Waals surface area (Å²) in [5.74, 6) is -0.560. The van der Waals surface area contributed by atoms with Gasteiger partial charge in [-0.1, -0.05) is 70.4 Å². The topological polar surface area (TPSA) is 71.8 Å². The van der Waals surface area contributed by atoms with Crippen molar-refractivity contribution in [3.63, 3.8) is 0 Å². The van der Waals surface area contributed by atoms with Crippen LogP contribution in [0.5, 0.6) is 5.75 Å².